The van der Waals surface area contributed by atoms with Crippen molar-refractivity contribution in [3.63, 3.8) is 0 Å². The molecule has 3 heteroatoms. The minimum absolute atomic E-state index is 0.114. The molecular weight excluding hydrogens is 154 g/mol. The zero-order valence-corrected chi connectivity index (χ0v) is 8.18. The molecule has 0 aromatic carbocycles. The van der Waals surface area contributed by atoms with Gasteiger partial charge in [0.25, 0.3) is 0 Å². The molecule has 0 amide bonds. The zero-order chi connectivity index (χ0) is 9.45. The van der Waals surface area contributed by atoms with Gasteiger partial charge in [-0.25, -0.2) is 0 Å². The molecule has 3 N–H and O–H groups in total. The van der Waals surface area contributed by atoms with E-state index in [-0.39, 0.29) is 12.0 Å². The third-order valence-electron chi connectivity index (χ3n) is 2.15. The second-order valence-electron chi connectivity index (χ2n) is 3.47. The summed E-state index contributed by atoms with van der Waals surface area (Å²) in [6, 6.07) is 0. The molecule has 0 aliphatic carbocycles. The number of hydrogen-bond acceptors (Lipinski definition) is 3. The van der Waals surface area contributed by atoms with Crippen molar-refractivity contribution >= 4 is 0 Å². The largest absolute Gasteiger partial charge is 0.396 e. The number of rotatable bonds is 7. The van der Waals surface area contributed by atoms with Gasteiger partial charge in [-0.1, -0.05) is 6.92 Å². The van der Waals surface area contributed by atoms with E-state index in [1.54, 1.807) is 0 Å². The van der Waals surface area contributed by atoms with E-state index in [9.17, 15) is 0 Å². The molecule has 0 radical (unpaired) electrons. The Morgan fingerprint density at radius 1 is 1.50 bits per heavy atom. The Labute approximate surface area is 74.9 Å². The molecule has 0 aromatic heterocycles. The molecule has 1 atom stereocenters. The van der Waals surface area contributed by atoms with E-state index in [4.69, 9.17) is 15.6 Å². The van der Waals surface area contributed by atoms with Crippen LogP contribution in [-0.2, 0) is 4.74 Å². The minimum Gasteiger partial charge on any atom is -0.396 e. The highest BCUT2D eigenvalue weighted by atomic mass is 16.5. The quantitative estimate of drug-likeness (QED) is 0.562. The van der Waals surface area contributed by atoms with Crippen LogP contribution in [-0.4, -0.2) is 31.5 Å². The van der Waals surface area contributed by atoms with Crippen LogP contribution < -0.4 is 5.73 Å². The summed E-state index contributed by atoms with van der Waals surface area (Å²) in [7, 11) is 0. The molecular formula is C9H21NO2. The van der Waals surface area contributed by atoms with Gasteiger partial charge in [-0.3, -0.25) is 0 Å². The number of aliphatic hydroxyl groups excluding tert-OH is 1. The van der Waals surface area contributed by atoms with Gasteiger partial charge in [-0.05, 0) is 26.3 Å². The molecule has 0 bridgehead atoms. The molecule has 0 saturated carbocycles. The highest BCUT2D eigenvalue weighted by molar-refractivity contribution is 4.73. The van der Waals surface area contributed by atoms with Crippen LogP contribution in [0.3, 0.4) is 0 Å². The standard InChI is InChI=1S/C9H21NO2/c1-3-12-6-4-5-9(2,7-10)8-11/h11H,3-8,10H2,1-2H3. The van der Waals surface area contributed by atoms with Gasteiger partial charge < -0.3 is 15.6 Å². The maximum absolute atomic E-state index is 9.02. The highest BCUT2D eigenvalue weighted by Gasteiger charge is 2.20. The van der Waals surface area contributed by atoms with Gasteiger partial charge in [0.15, 0.2) is 0 Å². The van der Waals surface area contributed by atoms with Crippen molar-refractivity contribution in [2.75, 3.05) is 26.4 Å². The predicted molar refractivity (Wildman–Crippen MR) is 50.0 cm³/mol. The first-order valence-corrected chi connectivity index (χ1v) is 4.57. The Kier molecular flexibility index (Phi) is 6.34. The second-order valence-corrected chi connectivity index (χ2v) is 3.47. The Morgan fingerprint density at radius 2 is 2.17 bits per heavy atom. The average molecular weight is 175 g/mol. The molecule has 3 nitrogen and oxygen atoms in total. The lowest BCUT2D eigenvalue weighted by Crippen LogP contribution is -2.31. The van der Waals surface area contributed by atoms with Crippen molar-refractivity contribution in [1.82, 2.24) is 0 Å². The molecule has 12 heavy (non-hydrogen) atoms. The van der Waals surface area contributed by atoms with E-state index in [1.807, 2.05) is 13.8 Å². The van der Waals surface area contributed by atoms with Crippen LogP contribution in [0.15, 0.2) is 0 Å². The predicted octanol–water partition coefficient (Wildman–Crippen LogP) is 0.760. The van der Waals surface area contributed by atoms with E-state index < -0.39 is 0 Å². The summed E-state index contributed by atoms with van der Waals surface area (Å²) in [6.07, 6.45) is 1.90. The fourth-order valence-electron chi connectivity index (χ4n) is 0.991. The Balaban J connectivity index is 3.45. The van der Waals surface area contributed by atoms with Crippen molar-refractivity contribution in [3.8, 4) is 0 Å². The van der Waals surface area contributed by atoms with E-state index in [0.717, 1.165) is 26.1 Å². The van der Waals surface area contributed by atoms with Crippen LogP contribution in [0, 0.1) is 5.41 Å². The molecule has 0 heterocycles. The molecule has 0 aromatic rings. The number of hydrogen-bond donors (Lipinski definition) is 2. The van der Waals surface area contributed by atoms with Gasteiger partial charge in [-0.15, -0.1) is 0 Å². The Bertz CT molecular complexity index is 103. The molecule has 0 aliphatic heterocycles. The average Bonchev–Trinajstić information content (AvgIpc) is 2.12. The summed E-state index contributed by atoms with van der Waals surface area (Å²) in [4.78, 5) is 0. The van der Waals surface area contributed by atoms with Crippen molar-refractivity contribution in [2.24, 2.45) is 11.1 Å². The van der Waals surface area contributed by atoms with Crippen LogP contribution in [0.4, 0.5) is 0 Å². The maximum Gasteiger partial charge on any atom is 0.0496 e. The van der Waals surface area contributed by atoms with Crippen molar-refractivity contribution in [1.29, 1.82) is 0 Å². The van der Waals surface area contributed by atoms with Gasteiger partial charge in [-0.2, -0.15) is 0 Å². The van der Waals surface area contributed by atoms with Crippen molar-refractivity contribution < 1.29 is 9.84 Å². The van der Waals surface area contributed by atoms with Gasteiger partial charge in [0, 0.05) is 25.2 Å². The summed E-state index contributed by atoms with van der Waals surface area (Å²) in [5, 5.41) is 9.02. The van der Waals surface area contributed by atoms with Gasteiger partial charge in [0.05, 0.1) is 0 Å². The topological polar surface area (TPSA) is 55.5 Å². The number of nitrogens with two attached hydrogens (primary N) is 1. The summed E-state index contributed by atoms with van der Waals surface area (Å²) in [5.74, 6) is 0. The molecule has 0 fully saturated rings. The normalized spacial score (nSPS) is 16.0. The molecule has 0 rings (SSSR count). The Hall–Kier alpha value is -0.120. The minimum atomic E-state index is -0.114. The van der Waals surface area contributed by atoms with Crippen LogP contribution in [0.5, 0.6) is 0 Å². The van der Waals surface area contributed by atoms with Gasteiger partial charge >= 0.3 is 0 Å². The fraction of sp³-hybridized carbons (Fsp3) is 1.00. The third-order valence-corrected chi connectivity index (χ3v) is 2.15. The first kappa shape index (κ1) is 11.9. The van der Waals surface area contributed by atoms with Crippen LogP contribution in [0.25, 0.3) is 0 Å². The van der Waals surface area contributed by atoms with Crippen molar-refractivity contribution in [2.45, 2.75) is 26.7 Å². The van der Waals surface area contributed by atoms with Gasteiger partial charge in [0.1, 0.15) is 0 Å². The van der Waals surface area contributed by atoms with Crippen LogP contribution in [0.2, 0.25) is 0 Å². The summed E-state index contributed by atoms with van der Waals surface area (Å²) >= 11 is 0. The van der Waals surface area contributed by atoms with Gasteiger partial charge in [0.2, 0.25) is 0 Å². The summed E-state index contributed by atoms with van der Waals surface area (Å²) in [5.41, 5.74) is 5.42. The Morgan fingerprint density at radius 3 is 2.58 bits per heavy atom. The van der Waals surface area contributed by atoms with Crippen molar-refractivity contribution in [3.05, 3.63) is 0 Å². The number of aliphatic hydroxyl groups is 1. The smallest absolute Gasteiger partial charge is 0.0496 e. The SMILES string of the molecule is CCOCCCC(C)(CN)CO. The number of ether oxygens (including phenoxy) is 1. The summed E-state index contributed by atoms with van der Waals surface area (Å²) in [6.45, 7) is 6.21. The lowest BCUT2D eigenvalue weighted by Gasteiger charge is -2.24. The van der Waals surface area contributed by atoms with E-state index >= 15 is 0 Å². The zero-order valence-electron chi connectivity index (χ0n) is 8.18. The highest BCUT2D eigenvalue weighted by Crippen LogP contribution is 2.20. The lowest BCUT2D eigenvalue weighted by atomic mass is 9.87. The maximum atomic E-state index is 9.02. The lowest BCUT2D eigenvalue weighted by molar-refractivity contribution is 0.104. The molecule has 0 spiro atoms. The fourth-order valence-corrected chi connectivity index (χ4v) is 0.991. The molecule has 1 unspecified atom stereocenters. The van der Waals surface area contributed by atoms with Crippen LogP contribution in [0.1, 0.15) is 26.7 Å². The van der Waals surface area contributed by atoms with E-state index in [2.05, 4.69) is 0 Å². The second kappa shape index (κ2) is 6.40. The van der Waals surface area contributed by atoms with Crippen LogP contribution >= 0.6 is 0 Å². The monoisotopic (exact) mass is 175 g/mol. The third kappa shape index (κ3) is 4.70. The first-order valence-electron chi connectivity index (χ1n) is 4.57. The molecule has 0 saturated heterocycles. The first-order chi connectivity index (χ1) is 5.68. The molecule has 74 valence electrons. The summed E-state index contributed by atoms with van der Waals surface area (Å²) < 4.78 is 5.20. The van der Waals surface area contributed by atoms with E-state index in [1.165, 1.54) is 0 Å². The van der Waals surface area contributed by atoms with E-state index in [0.29, 0.717) is 6.54 Å². The molecule has 0 aliphatic rings.